The SMILES string of the molecule is COc1ccc(C(=O)[C@@H]2[C@@H]3C(=O)N(c4ccc5c(c4)OCCO5)C(=O)[C@@H]3[C@H]3C=CC=NN32)cc1. The lowest BCUT2D eigenvalue weighted by Crippen LogP contribution is -2.46. The lowest BCUT2D eigenvalue weighted by molar-refractivity contribution is -0.123. The van der Waals surface area contributed by atoms with Crippen molar-refractivity contribution in [2.75, 3.05) is 25.2 Å². The summed E-state index contributed by atoms with van der Waals surface area (Å²) in [5.74, 6) is -0.951. The van der Waals surface area contributed by atoms with Gasteiger partial charge in [-0.25, -0.2) is 4.90 Å². The molecule has 2 fully saturated rings. The Balaban J connectivity index is 1.38. The van der Waals surface area contributed by atoms with Crippen LogP contribution in [0.2, 0.25) is 0 Å². The number of hydrazone groups is 1. The molecule has 0 unspecified atom stereocenters. The zero-order chi connectivity index (χ0) is 23.4. The minimum absolute atomic E-state index is 0.266. The first-order chi connectivity index (χ1) is 16.6. The summed E-state index contributed by atoms with van der Waals surface area (Å²) in [7, 11) is 1.55. The third-order valence-corrected chi connectivity index (χ3v) is 6.72. The summed E-state index contributed by atoms with van der Waals surface area (Å²) >= 11 is 0. The van der Waals surface area contributed by atoms with Gasteiger partial charge in [-0.15, -0.1) is 0 Å². The zero-order valence-corrected chi connectivity index (χ0v) is 18.3. The van der Waals surface area contributed by atoms with E-state index >= 15 is 0 Å². The highest BCUT2D eigenvalue weighted by atomic mass is 16.6. The van der Waals surface area contributed by atoms with Crippen LogP contribution in [0.5, 0.6) is 17.2 Å². The van der Waals surface area contributed by atoms with Crippen LogP contribution in [0.4, 0.5) is 5.69 Å². The fourth-order valence-electron chi connectivity index (χ4n) is 5.19. The highest BCUT2D eigenvalue weighted by Gasteiger charge is 2.64. The van der Waals surface area contributed by atoms with E-state index in [0.29, 0.717) is 41.7 Å². The Labute approximate surface area is 195 Å². The molecule has 6 rings (SSSR count). The van der Waals surface area contributed by atoms with Crippen molar-refractivity contribution in [3.63, 3.8) is 0 Å². The summed E-state index contributed by atoms with van der Waals surface area (Å²) in [6, 6.07) is 10.3. The van der Waals surface area contributed by atoms with Crippen molar-refractivity contribution in [1.29, 1.82) is 0 Å². The van der Waals surface area contributed by atoms with Crippen molar-refractivity contribution in [3.8, 4) is 17.2 Å². The Kier molecular flexibility index (Phi) is 4.65. The molecule has 0 spiro atoms. The molecule has 0 radical (unpaired) electrons. The fraction of sp³-hybridized carbons (Fsp3) is 0.280. The minimum atomic E-state index is -0.900. The van der Waals surface area contributed by atoms with E-state index in [1.165, 1.54) is 4.90 Å². The lowest BCUT2D eigenvalue weighted by atomic mass is 9.86. The molecule has 4 aliphatic rings. The Morgan fingerprint density at radius 3 is 2.50 bits per heavy atom. The quantitative estimate of drug-likeness (QED) is 0.510. The number of anilines is 1. The summed E-state index contributed by atoms with van der Waals surface area (Å²) < 4.78 is 16.4. The first-order valence-electron chi connectivity index (χ1n) is 11.0. The summed E-state index contributed by atoms with van der Waals surface area (Å²) in [5.41, 5.74) is 0.826. The van der Waals surface area contributed by atoms with Crippen LogP contribution in [-0.2, 0) is 9.59 Å². The number of hydrogen-bond donors (Lipinski definition) is 0. The Morgan fingerprint density at radius 2 is 1.74 bits per heavy atom. The Hall–Kier alpha value is -4.14. The number of carbonyl (C=O) groups is 3. The number of fused-ring (bicyclic) bond motifs is 4. The maximum atomic E-state index is 13.7. The minimum Gasteiger partial charge on any atom is -0.497 e. The van der Waals surface area contributed by atoms with Gasteiger partial charge in [-0.3, -0.25) is 19.4 Å². The average Bonchev–Trinajstić information content (AvgIpc) is 3.35. The number of amides is 2. The molecule has 2 aromatic carbocycles. The topological polar surface area (TPSA) is 97.7 Å². The van der Waals surface area contributed by atoms with Crippen LogP contribution in [0, 0.1) is 11.8 Å². The molecule has 0 saturated carbocycles. The third kappa shape index (κ3) is 2.93. The first kappa shape index (κ1) is 20.5. The molecule has 4 atom stereocenters. The number of Topliss-reactive ketones (excluding diaryl/α,β-unsaturated/α-hetero) is 1. The van der Waals surface area contributed by atoms with Crippen molar-refractivity contribution < 1.29 is 28.6 Å². The molecule has 0 aromatic heterocycles. The maximum Gasteiger partial charge on any atom is 0.240 e. The molecule has 9 nitrogen and oxygen atoms in total. The number of methoxy groups -OCH3 is 1. The van der Waals surface area contributed by atoms with Gasteiger partial charge in [0.05, 0.1) is 30.7 Å². The molecular formula is C25H21N3O6. The van der Waals surface area contributed by atoms with E-state index in [9.17, 15) is 14.4 Å². The van der Waals surface area contributed by atoms with Crippen molar-refractivity contribution >= 4 is 29.5 Å². The molecule has 2 saturated heterocycles. The maximum absolute atomic E-state index is 13.7. The standard InChI is InChI=1S/C25H21N3O6/c1-32-16-7-4-14(5-8-16)23(29)22-21-20(17-3-2-10-26-28(17)22)24(30)27(25(21)31)15-6-9-18-19(13-15)34-12-11-33-18/h2-10,13,17,20-22H,11-12H2,1H3/t17-,20-,21-,22+/m1/s1. The molecule has 34 heavy (non-hydrogen) atoms. The van der Waals surface area contributed by atoms with Crippen LogP contribution in [-0.4, -0.2) is 61.2 Å². The van der Waals surface area contributed by atoms with Gasteiger partial charge in [-0.1, -0.05) is 6.08 Å². The van der Waals surface area contributed by atoms with Crippen LogP contribution in [0.3, 0.4) is 0 Å². The van der Waals surface area contributed by atoms with Crippen molar-refractivity contribution in [3.05, 3.63) is 60.2 Å². The van der Waals surface area contributed by atoms with E-state index in [1.54, 1.807) is 66.9 Å². The highest BCUT2D eigenvalue weighted by molar-refractivity contribution is 6.24. The molecule has 9 heteroatoms. The van der Waals surface area contributed by atoms with E-state index < -0.39 is 29.8 Å². The summed E-state index contributed by atoms with van der Waals surface area (Å²) in [6.45, 7) is 0.833. The van der Waals surface area contributed by atoms with Crippen molar-refractivity contribution in [2.45, 2.75) is 12.1 Å². The van der Waals surface area contributed by atoms with Gasteiger partial charge in [-0.2, -0.15) is 5.10 Å². The largest absolute Gasteiger partial charge is 0.497 e. The molecule has 2 amide bonds. The van der Waals surface area contributed by atoms with Gasteiger partial charge in [0.15, 0.2) is 17.3 Å². The van der Waals surface area contributed by atoms with Gasteiger partial charge in [-0.05, 0) is 42.5 Å². The number of benzene rings is 2. The van der Waals surface area contributed by atoms with Crippen LogP contribution >= 0.6 is 0 Å². The van der Waals surface area contributed by atoms with E-state index in [4.69, 9.17) is 14.2 Å². The molecule has 0 N–H and O–H groups in total. The van der Waals surface area contributed by atoms with Gasteiger partial charge in [0, 0.05) is 17.8 Å². The van der Waals surface area contributed by atoms with Gasteiger partial charge < -0.3 is 14.2 Å². The van der Waals surface area contributed by atoms with Crippen molar-refractivity contribution in [1.82, 2.24) is 5.01 Å². The van der Waals surface area contributed by atoms with Crippen LogP contribution in [0.25, 0.3) is 0 Å². The third-order valence-electron chi connectivity index (χ3n) is 6.72. The summed E-state index contributed by atoms with van der Waals surface area (Å²) in [5, 5.41) is 5.97. The summed E-state index contributed by atoms with van der Waals surface area (Å²) in [6.07, 6.45) is 5.13. The average molecular weight is 459 g/mol. The number of carbonyl (C=O) groups excluding carboxylic acids is 3. The smallest absolute Gasteiger partial charge is 0.240 e. The normalized spacial score (nSPS) is 26.5. The van der Waals surface area contributed by atoms with Crippen LogP contribution in [0.1, 0.15) is 10.4 Å². The lowest BCUT2D eigenvalue weighted by Gasteiger charge is -2.30. The van der Waals surface area contributed by atoms with Gasteiger partial charge in [0.2, 0.25) is 11.8 Å². The molecule has 0 bridgehead atoms. The second-order valence-corrected chi connectivity index (χ2v) is 8.45. The van der Waals surface area contributed by atoms with E-state index in [2.05, 4.69) is 5.10 Å². The molecule has 4 heterocycles. The number of nitrogens with zero attached hydrogens (tertiary/aromatic N) is 3. The fourth-order valence-corrected chi connectivity index (χ4v) is 5.19. The number of hydrogen-bond acceptors (Lipinski definition) is 8. The van der Waals surface area contributed by atoms with E-state index in [0.717, 1.165) is 0 Å². The highest BCUT2D eigenvalue weighted by Crippen LogP contribution is 2.47. The Bertz CT molecular complexity index is 1250. The predicted octanol–water partition coefficient (Wildman–Crippen LogP) is 2.06. The number of ketones is 1. The van der Waals surface area contributed by atoms with Gasteiger partial charge in [0.1, 0.15) is 25.0 Å². The van der Waals surface area contributed by atoms with Crippen LogP contribution < -0.4 is 19.1 Å². The number of imide groups is 1. The van der Waals surface area contributed by atoms with Gasteiger partial charge in [0.25, 0.3) is 0 Å². The number of rotatable bonds is 4. The molecule has 0 aliphatic carbocycles. The second kappa shape index (κ2) is 7.72. The number of ether oxygens (including phenoxy) is 3. The number of allylic oxidation sites excluding steroid dienone is 1. The molecular weight excluding hydrogens is 438 g/mol. The van der Waals surface area contributed by atoms with E-state index in [-0.39, 0.29) is 11.7 Å². The van der Waals surface area contributed by atoms with Crippen molar-refractivity contribution in [2.24, 2.45) is 16.9 Å². The monoisotopic (exact) mass is 459 g/mol. The second-order valence-electron chi connectivity index (χ2n) is 8.45. The zero-order valence-electron chi connectivity index (χ0n) is 18.3. The Morgan fingerprint density at radius 1 is 1.00 bits per heavy atom. The molecule has 4 aliphatic heterocycles. The van der Waals surface area contributed by atoms with Gasteiger partial charge >= 0.3 is 0 Å². The van der Waals surface area contributed by atoms with E-state index in [1.807, 2.05) is 6.08 Å². The molecule has 2 aromatic rings. The predicted molar refractivity (Wildman–Crippen MR) is 121 cm³/mol. The first-order valence-corrected chi connectivity index (χ1v) is 11.0. The van der Waals surface area contributed by atoms with Crippen LogP contribution in [0.15, 0.2) is 59.7 Å². The summed E-state index contributed by atoms with van der Waals surface area (Å²) in [4.78, 5) is 42.1. The molecule has 172 valence electrons.